The number of hydrogen-bond acceptors (Lipinski definition) is 2. The van der Waals surface area contributed by atoms with Crippen LogP contribution in [0.25, 0.3) is 0 Å². The average Bonchev–Trinajstić information content (AvgIpc) is 2.70. The van der Waals surface area contributed by atoms with Crippen LogP contribution in [0, 0.1) is 11.6 Å². The molecule has 0 saturated heterocycles. The summed E-state index contributed by atoms with van der Waals surface area (Å²) in [6.45, 7) is 2.15. The molecule has 0 aliphatic heterocycles. The molecule has 0 bridgehead atoms. The van der Waals surface area contributed by atoms with Gasteiger partial charge in [-0.25, -0.2) is 8.78 Å². The Labute approximate surface area is 179 Å². The van der Waals surface area contributed by atoms with Gasteiger partial charge in [0.15, 0.2) is 11.6 Å². The highest BCUT2D eigenvalue weighted by molar-refractivity contribution is 6.31. The van der Waals surface area contributed by atoms with Gasteiger partial charge in [-0.1, -0.05) is 74.4 Å². The third-order valence-corrected chi connectivity index (χ3v) is 5.17. The largest absolute Gasteiger partial charge is 0.274 e. The molecule has 0 atom stereocenters. The summed E-state index contributed by atoms with van der Waals surface area (Å²) in [5.41, 5.74) is -0.668. The first-order valence-electron chi connectivity index (χ1n) is 9.62. The molecule has 0 radical (unpaired) electrons. The highest BCUT2D eigenvalue weighted by Gasteiger charge is 2.28. The van der Waals surface area contributed by atoms with Crippen molar-refractivity contribution in [1.82, 2.24) is 4.90 Å². The Balaban J connectivity index is 2.27. The van der Waals surface area contributed by atoms with Gasteiger partial charge in [0, 0.05) is 6.54 Å². The fourth-order valence-electron chi connectivity index (χ4n) is 2.97. The highest BCUT2D eigenvalue weighted by Crippen LogP contribution is 2.23. The molecule has 0 spiro atoms. The van der Waals surface area contributed by atoms with E-state index in [1.165, 1.54) is 36.4 Å². The molecule has 156 valence electrons. The van der Waals surface area contributed by atoms with E-state index in [2.05, 4.69) is 6.92 Å². The predicted octanol–water partition coefficient (Wildman–Crippen LogP) is 6.91. The van der Waals surface area contributed by atoms with Crippen LogP contribution in [-0.2, 0) is 0 Å². The lowest BCUT2D eigenvalue weighted by Gasteiger charge is -2.22. The molecule has 0 aromatic heterocycles. The second-order valence-electron chi connectivity index (χ2n) is 6.73. The van der Waals surface area contributed by atoms with Crippen molar-refractivity contribution in [1.29, 1.82) is 0 Å². The standard InChI is InChI=1S/C22H23Cl2F2NO2/c1-2-3-4-5-6-7-14-27(21(28)15-10-8-12-17(23)19(15)25)22(29)16-11-9-13-18(24)20(16)26/h8-13H,2-7,14H2,1H3. The Morgan fingerprint density at radius 3 is 1.72 bits per heavy atom. The summed E-state index contributed by atoms with van der Waals surface area (Å²) in [5, 5.41) is -0.450. The second-order valence-corrected chi connectivity index (χ2v) is 7.55. The summed E-state index contributed by atoms with van der Waals surface area (Å²) in [7, 11) is 0. The van der Waals surface area contributed by atoms with Crippen molar-refractivity contribution in [2.75, 3.05) is 6.54 Å². The maximum Gasteiger partial charge on any atom is 0.263 e. The topological polar surface area (TPSA) is 37.4 Å². The number of carbonyl (C=O) groups is 2. The van der Waals surface area contributed by atoms with Crippen molar-refractivity contribution in [2.45, 2.75) is 45.4 Å². The van der Waals surface area contributed by atoms with Gasteiger partial charge in [0.1, 0.15) is 0 Å². The molecule has 0 saturated carbocycles. The van der Waals surface area contributed by atoms with E-state index in [4.69, 9.17) is 23.2 Å². The van der Waals surface area contributed by atoms with E-state index in [0.29, 0.717) is 6.42 Å². The van der Waals surface area contributed by atoms with Crippen molar-refractivity contribution in [3.05, 3.63) is 69.2 Å². The van der Waals surface area contributed by atoms with Crippen LogP contribution >= 0.6 is 23.2 Å². The summed E-state index contributed by atoms with van der Waals surface area (Å²) in [6, 6.07) is 7.96. The van der Waals surface area contributed by atoms with E-state index < -0.39 is 23.4 Å². The second kappa shape index (κ2) is 11.3. The SMILES string of the molecule is CCCCCCCCN(C(=O)c1cccc(Cl)c1F)C(=O)c1cccc(Cl)c1F. The van der Waals surface area contributed by atoms with Gasteiger partial charge in [-0.15, -0.1) is 0 Å². The van der Waals surface area contributed by atoms with E-state index in [1.807, 2.05) is 0 Å². The molecule has 3 nitrogen and oxygen atoms in total. The summed E-state index contributed by atoms with van der Waals surface area (Å²) < 4.78 is 28.7. The molecular weight excluding hydrogens is 419 g/mol. The van der Waals surface area contributed by atoms with Crippen molar-refractivity contribution < 1.29 is 18.4 Å². The van der Waals surface area contributed by atoms with Crippen LogP contribution < -0.4 is 0 Å². The van der Waals surface area contributed by atoms with Crippen molar-refractivity contribution in [3.8, 4) is 0 Å². The number of amides is 2. The molecule has 0 unspecified atom stereocenters. The Hall–Kier alpha value is -1.98. The van der Waals surface area contributed by atoms with Gasteiger partial charge in [0.2, 0.25) is 0 Å². The van der Waals surface area contributed by atoms with Gasteiger partial charge in [-0.05, 0) is 30.7 Å². The average molecular weight is 442 g/mol. The molecule has 2 rings (SSSR count). The van der Waals surface area contributed by atoms with E-state index in [0.717, 1.165) is 37.0 Å². The Morgan fingerprint density at radius 1 is 0.793 bits per heavy atom. The van der Waals surface area contributed by atoms with E-state index >= 15 is 0 Å². The zero-order chi connectivity index (χ0) is 21.4. The number of imide groups is 1. The smallest absolute Gasteiger partial charge is 0.263 e. The van der Waals surface area contributed by atoms with E-state index in [9.17, 15) is 18.4 Å². The normalized spacial score (nSPS) is 10.8. The number of hydrogen-bond donors (Lipinski definition) is 0. The Morgan fingerprint density at radius 2 is 1.24 bits per heavy atom. The Kier molecular flexibility index (Phi) is 9.05. The third-order valence-electron chi connectivity index (χ3n) is 4.59. The highest BCUT2D eigenvalue weighted by atomic mass is 35.5. The molecule has 0 heterocycles. The summed E-state index contributed by atoms with van der Waals surface area (Å²) in [6.07, 6.45) is 5.57. The lowest BCUT2D eigenvalue weighted by Crippen LogP contribution is -2.38. The summed E-state index contributed by atoms with van der Waals surface area (Å²) in [4.78, 5) is 26.8. The molecule has 0 fully saturated rings. The number of halogens is 4. The minimum atomic E-state index is -0.911. The monoisotopic (exact) mass is 441 g/mol. The zero-order valence-electron chi connectivity index (χ0n) is 16.2. The lowest BCUT2D eigenvalue weighted by atomic mass is 10.1. The van der Waals surface area contributed by atoms with Gasteiger partial charge in [-0.2, -0.15) is 0 Å². The maximum atomic E-state index is 14.4. The Bertz CT molecular complexity index is 810. The van der Waals surface area contributed by atoms with Crippen LogP contribution in [0.2, 0.25) is 10.0 Å². The molecule has 2 amide bonds. The molecule has 2 aromatic carbocycles. The fraction of sp³-hybridized carbons (Fsp3) is 0.364. The molecule has 7 heteroatoms. The maximum absolute atomic E-state index is 14.4. The minimum absolute atomic E-state index is 0.0434. The van der Waals surface area contributed by atoms with Crippen LogP contribution in [-0.4, -0.2) is 23.3 Å². The molecule has 2 aromatic rings. The van der Waals surface area contributed by atoms with E-state index in [1.54, 1.807) is 0 Å². The van der Waals surface area contributed by atoms with Gasteiger partial charge in [0.05, 0.1) is 21.2 Å². The van der Waals surface area contributed by atoms with Crippen LogP contribution in [0.15, 0.2) is 36.4 Å². The first-order valence-corrected chi connectivity index (χ1v) is 10.4. The number of unbranched alkanes of at least 4 members (excludes halogenated alkanes) is 5. The van der Waals surface area contributed by atoms with Crippen LogP contribution in [0.1, 0.15) is 66.2 Å². The molecule has 29 heavy (non-hydrogen) atoms. The van der Waals surface area contributed by atoms with Gasteiger partial charge in [0.25, 0.3) is 11.8 Å². The van der Waals surface area contributed by atoms with Crippen LogP contribution in [0.3, 0.4) is 0 Å². The first-order chi connectivity index (χ1) is 13.9. The van der Waals surface area contributed by atoms with Gasteiger partial charge >= 0.3 is 0 Å². The predicted molar refractivity (Wildman–Crippen MR) is 112 cm³/mol. The quantitative estimate of drug-likeness (QED) is 0.312. The number of rotatable bonds is 9. The first kappa shape index (κ1) is 23.3. The molecule has 0 aliphatic rings. The number of benzene rings is 2. The van der Waals surface area contributed by atoms with Gasteiger partial charge in [-0.3, -0.25) is 14.5 Å². The van der Waals surface area contributed by atoms with Crippen molar-refractivity contribution in [2.24, 2.45) is 0 Å². The number of nitrogens with zero attached hydrogens (tertiary/aromatic N) is 1. The molecular formula is C22H23Cl2F2NO2. The van der Waals surface area contributed by atoms with Crippen molar-refractivity contribution in [3.63, 3.8) is 0 Å². The zero-order valence-corrected chi connectivity index (χ0v) is 17.7. The van der Waals surface area contributed by atoms with Crippen molar-refractivity contribution >= 4 is 35.0 Å². The lowest BCUT2D eigenvalue weighted by molar-refractivity contribution is 0.0608. The summed E-state index contributed by atoms with van der Waals surface area (Å²) in [5.74, 6) is -3.54. The van der Waals surface area contributed by atoms with Crippen LogP contribution in [0.5, 0.6) is 0 Å². The van der Waals surface area contributed by atoms with Crippen LogP contribution in [0.4, 0.5) is 8.78 Å². The molecule has 0 N–H and O–H groups in total. The fourth-order valence-corrected chi connectivity index (χ4v) is 3.32. The van der Waals surface area contributed by atoms with E-state index in [-0.39, 0.29) is 27.7 Å². The third kappa shape index (κ3) is 6.00. The van der Waals surface area contributed by atoms with Gasteiger partial charge < -0.3 is 0 Å². The summed E-state index contributed by atoms with van der Waals surface area (Å²) >= 11 is 11.5. The number of carbonyl (C=O) groups excluding carboxylic acids is 2. The minimum Gasteiger partial charge on any atom is -0.274 e. The molecule has 0 aliphatic carbocycles.